The number of likely N-dealkylation sites (tertiary alicyclic amines) is 1. The molecule has 1 aromatic heterocycles. The van der Waals surface area contributed by atoms with Crippen LogP contribution in [-0.2, 0) is 11.3 Å². The smallest absolute Gasteiger partial charge is 0.268 e. The SMILES string of the molecule is COc1cccc(Cn2c(C)c(N3CCOCC3)c(C)c2C(=O)NCCCN2CCCCC2C)c1. The van der Waals surface area contributed by atoms with Gasteiger partial charge in [-0.25, -0.2) is 0 Å². The van der Waals surface area contributed by atoms with E-state index in [1.54, 1.807) is 7.11 Å². The van der Waals surface area contributed by atoms with Crippen molar-refractivity contribution in [2.24, 2.45) is 0 Å². The fraction of sp³-hybridized carbons (Fsp3) is 0.607. The maximum absolute atomic E-state index is 13.5. The van der Waals surface area contributed by atoms with Crippen LogP contribution in [0.15, 0.2) is 24.3 Å². The molecule has 1 aromatic carbocycles. The summed E-state index contributed by atoms with van der Waals surface area (Å²) in [5, 5.41) is 3.23. The Bertz CT molecular complexity index is 996. The minimum Gasteiger partial charge on any atom is -0.497 e. The first-order chi connectivity index (χ1) is 17.0. The third-order valence-corrected chi connectivity index (χ3v) is 7.59. The fourth-order valence-corrected chi connectivity index (χ4v) is 5.64. The van der Waals surface area contributed by atoms with E-state index in [0.717, 1.165) is 67.5 Å². The van der Waals surface area contributed by atoms with Gasteiger partial charge in [0.05, 0.1) is 26.0 Å². The van der Waals surface area contributed by atoms with Crippen molar-refractivity contribution in [3.63, 3.8) is 0 Å². The van der Waals surface area contributed by atoms with Crippen LogP contribution in [0.5, 0.6) is 5.75 Å². The van der Waals surface area contributed by atoms with Crippen molar-refractivity contribution in [3.8, 4) is 5.75 Å². The van der Waals surface area contributed by atoms with Crippen molar-refractivity contribution in [2.75, 3.05) is 57.9 Å². The lowest BCUT2D eigenvalue weighted by molar-refractivity contribution is 0.0939. The van der Waals surface area contributed by atoms with Gasteiger partial charge in [-0.3, -0.25) is 4.79 Å². The Kier molecular flexibility index (Phi) is 8.74. The van der Waals surface area contributed by atoms with Gasteiger partial charge in [-0.05, 0) is 64.3 Å². The summed E-state index contributed by atoms with van der Waals surface area (Å²) in [6, 6.07) is 8.75. The summed E-state index contributed by atoms with van der Waals surface area (Å²) in [5.41, 5.74) is 5.22. The number of carbonyl (C=O) groups excluding carboxylic acids is 1. The zero-order chi connectivity index (χ0) is 24.8. The van der Waals surface area contributed by atoms with Crippen molar-refractivity contribution >= 4 is 11.6 Å². The largest absolute Gasteiger partial charge is 0.497 e. The van der Waals surface area contributed by atoms with Gasteiger partial charge in [0.15, 0.2) is 0 Å². The van der Waals surface area contributed by atoms with Gasteiger partial charge in [0, 0.05) is 50.0 Å². The van der Waals surface area contributed by atoms with Gasteiger partial charge >= 0.3 is 0 Å². The highest BCUT2D eigenvalue weighted by molar-refractivity contribution is 5.96. The summed E-state index contributed by atoms with van der Waals surface area (Å²) in [5.74, 6) is 0.843. The second-order valence-electron chi connectivity index (χ2n) is 9.93. The molecule has 1 unspecified atom stereocenters. The molecule has 4 rings (SSSR count). The molecule has 3 heterocycles. The first-order valence-electron chi connectivity index (χ1n) is 13.2. The van der Waals surface area contributed by atoms with E-state index in [4.69, 9.17) is 9.47 Å². The summed E-state index contributed by atoms with van der Waals surface area (Å²) in [6.07, 6.45) is 4.88. The van der Waals surface area contributed by atoms with Gasteiger partial charge in [-0.1, -0.05) is 18.6 Å². The second-order valence-corrected chi connectivity index (χ2v) is 9.93. The molecule has 192 valence electrons. The predicted molar refractivity (Wildman–Crippen MR) is 141 cm³/mol. The third kappa shape index (κ3) is 6.01. The normalized spacial score (nSPS) is 19.1. The molecular formula is C28H42N4O3. The molecule has 1 amide bonds. The molecule has 35 heavy (non-hydrogen) atoms. The second kappa shape index (κ2) is 12.0. The number of anilines is 1. The highest BCUT2D eigenvalue weighted by atomic mass is 16.5. The number of carbonyl (C=O) groups is 1. The first-order valence-corrected chi connectivity index (χ1v) is 13.2. The summed E-state index contributed by atoms with van der Waals surface area (Å²) in [4.78, 5) is 18.5. The number of amides is 1. The van der Waals surface area contributed by atoms with Crippen LogP contribution >= 0.6 is 0 Å². The number of morpholine rings is 1. The van der Waals surface area contributed by atoms with Gasteiger partial charge in [0.2, 0.25) is 0 Å². The average Bonchev–Trinajstić information content (AvgIpc) is 3.12. The van der Waals surface area contributed by atoms with E-state index >= 15 is 0 Å². The van der Waals surface area contributed by atoms with E-state index in [1.165, 1.54) is 31.5 Å². The van der Waals surface area contributed by atoms with E-state index in [-0.39, 0.29) is 5.91 Å². The Morgan fingerprint density at radius 1 is 1.17 bits per heavy atom. The molecule has 2 aliphatic rings. The Labute approximate surface area is 210 Å². The number of nitrogens with zero attached hydrogens (tertiary/aromatic N) is 3. The van der Waals surface area contributed by atoms with Gasteiger partial charge in [0.1, 0.15) is 11.4 Å². The molecule has 0 radical (unpaired) electrons. The molecule has 0 aliphatic carbocycles. The number of ether oxygens (including phenoxy) is 2. The van der Waals surface area contributed by atoms with Crippen LogP contribution in [0, 0.1) is 13.8 Å². The maximum Gasteiger partial charge on any atom is 0.268 e. The zero-order valence-corrected chi connectivity index (χ0v) is 21.9. The van der Waals surface area contributed by atoms with Crippen molar-refractivity contribution in [2.45, 2.75) is 59.0 Å². The van der Waals surface area contributed by atoms with Crippen LogP contribution < -0.4 is 15.0 Å². The maximum atomic E-state index is 13.5. The number of aromatic nitrogens is 1. The third-order valence-electron chi connectivity index (χ3n) is 7.59. The average molecular weight is 483 g/mol. The molecular weight excluding hydrogens is 440 g/mol. The highest BCUT2D eigenvalue weighted by Gasteiger charge is 2.27. The van der Waals surface area contributed by atoms with Crippen LogP contribution in [0.3, 0.4) is 0 Å². The lowest BCUT2D eigenvalue weighted by Crippen LogP contribution is -2.39. The van der Waals surface area contributed by atoms with Crippen LogP contribution in [-0.4, -0.2) is 74.5 Å². The van der Waals surface area contributed by atoms with Crippen LogP contribution in [0.2, 0.25) is 0 Å². The van der Waals surface area contributed by atoms with Gasteiger partial charge in [-0.2, -0.15) is 0 Å². The Hall–Kier alpha value is -2.51. The molecule has 0 spiro atoms. The van der Waals surface area contributed by atoms with Crippen molar-refractivity contribution in [1.82, 2.24) is 14.8 Å². The molecule has 7 heteroatoms. The molecule has 2 aromatic rings. The van der Waals surface area contributed by atoms with Crippen molar-refractivity contribution < 1.29 is 14.3 Å². The zero-order valence-electron chi connectivity index (χ0n) is 21.9. The summed E-state index contributed by atoms with van der Waals surface area (Å²) < 4.78 is 13.2. The van der Waals surface area contributed by atoms with E-state index in [9.17, 15) is 4.79 Å². The Balaban J connectivity index is 1.53. The quantitative estimate of drug-likeness (QED) is 0.548. The summed E-state index contributed by atoms with van der Waals surface area (Å²) in [6.45, 7) is 13.2. The van der Waals surface area contributed by atoms with E-state index < -0.39 is 0 Å². The van der Waals surface area contributed by atoms with Crippen LogP contribution in [0.4, 0.5) is 5.69 Å². The van der Waals surface area contributed by atoms with Crippen LogP contribution in [0.1, 0.15) is 59.9 Å². The Morgan fingerprint density at radius 3 is 2.71 bits per heavy atom. The number of nitrogens with one attached hydrogen (secondary N) is 1. The number of methoxy groups -OCH3 is 1. The summed E-state index contributed by atoms with van der Waals surface area (Å²) in [7, 11) is 1.68. The molecule has 7 nitrogen and oxygen atoms in total. The number of piperidine rings is 1. The van der Waals surface area contributed by atoms with Gasteiger partial charge < -0.3 is 29.2 Å². The molecule has 2 fully saturated rings. The van der Waals surface area contributed by atoms with E-state index in [1.807, 2.05) is 18.2 Å². The fourth-order valence-electron chi connectivity index (χ4n) is 5.64. The molecule has 2 saturated heterocycles. The standard InChI is InChI=1S/C28H42N4O3/c1-21-9-5-6-13-30(21)14-8-12-29-28(33)27-22(2)26(31-15-17-35-18-16-31)23(3)32(27)20-24-10-7-11-25(19-24)34-4/h7,10-11,19,21H,5-6,8-9,12-18,20H2,1-4H3,(H,29,33). The topological polar surface area (TPSA) is 59.0 Å². The minimum atomic E-state index is 0.0136. The van der Waals surface area contributed by atoms with Crippen molar-refractivity contribution in [1.29, 1.82) is 0 Å². The lowest BCUT2D eigenvalue weighted by atomic mass is 10.0. The first kappa shape index (κ1) is 25.6. The molecule has 1 N–H and O–H groups in total. The number of hydrogen-bond acceptors (Lipinski definition) is 5. The number of rotatable bonds is 9. The highest BCUT2D eigenvalue weighted by Crippen LogP contribution is 2.32. The number of hydrogen-bond donors (Lipinski definition) is 1. The molecule has 2 aliphatic heterocycles. The van der Waals surface area contributed by atoms with Gasteiger partial charge in [0.25, 0.3) is 5.91 Å². The molecule has 1 atom stereocenters. The monoisotopic (exact) mass is 482 g/mol. The Morgan fingerprint density at radius 2 is 1.97 bits per heavy atom. The molecule has 0 bridgehead atoms. The molecule has 0 saturated carbocycles. The van der Waals surface area contributed by atoms with Crippen molar-refractivity contribution in [3.05, 3.63) is 46.8 Å². The van der Waals surface area contributed by atoms with Gasteiger partial charge in [-0.15, -0.1) is 0 Å². The van der Waals surface area contributed by atoms with E-state index in [2.05, 4.69) is 46.5 Å². The minimum absolute atomic E-state index is 0.0136. The predicted octanol–water partition coefficient (Wildman–Crippen LogP) is 3.99. The van der Waals surface area contributed by atoms with Crippen LogP contribution in [0.25, 0.3) is 0 Å². The lowest BCUT2D eigenvalue weighted by Gasteiger charge is -2.33. The van der Waals surface area contributed by atoms with E-state index in [0.29, 0.717) is 19.1 Å². The summed E-state index contributed by atoms with van der Waals surface area (Å²) >= 11 is 0. The number of benzene rings is 1.